The van der Waals surface area contributed by atoms with Crippen molar-refractivity contribution in [3.05, 3.63) is 88.2 Å². The maximum absolute atomic E-state index is 13.5. The molecule has 0 amide bonds. The maximum atomic E-state index is 13.5. The molecular formula is C24H17F5N6O. The third-order valence-corrected chi connectivity index (χ3v) is 5.67. The second kappa shape index (κ2) is 8.70. The Hall–Kier alpha value is -4.35. The molecule has 0 bridgehead atoms. The predicted octanol–water partition coefficient (Wildman–Crippen LogP) is 5.19. The first kappa shape index (κ1) is 23.4. The van der Waals surface area contributed by atoms with E-state index in [-0.39, 0.29) is 35.0 Å². The van der Waals surface area contributed by atoms with Crippen LogP contribution in [0.15, 0.2) is 65.7 Å². The van der Waals surface area contributed by atoms with Gasteiger partial charge >= 0.3 is 11.9 Å². The van der Waals surface area contributed by atoms with Crippen molar-refractivity contribution < 1.29 is 22.0 Å². The average Bonchev–Trinajstić information content (AvgIpc) is 3.39. The van der Waals surface area contributed by atoms with Crippen molar-refractivity contribution in [1.29, 1.82) is 0 Å². The minimum absolute atomic E-state index is 0.0525. The highest BCUT2D eigenvalue weighted by atomic mass is 19.4. The number of benzene rings is 2. The van der Waals surface area contributed by atoms with Gasteiger partial charge in [-0.1, -0.05) is 48.5 Å². The second-order valence-electron chi connectivity index (χ2n) is 8.09. The largest absolute Gasteiger partial charge is 0.434 e. The summed E-state index contributed by atoms with van der Waals surface area (Å²) >= 11 is 0. The summed E-state index contributed by atoms with van der Waals surface area (Å²) in [6.07, 6.45) is -5.00. The van der Waals surface area contributed by atoms with Gasteiger partial charge in [-0.15, -0.1) is 0 Å². The lowest BCUT2D eigenvalue weighted by molar-refractivity contribution is -0.140. The zero-order valence-electron chi connectivity index (χ0n) is 18.6. The molecule has 7 nitrogen and oxygen atoms in total. The van der Waals surface area contributed by atoms with Crippen LogP contribution >= 0.6 is 0 Å². The van der Waals surface area contributed by atoms with Crippen LogP contribution in [-0.4, -0.2) is 29.1 Å². The summed E-state index contributed by atoms with van der Waals surface area (Å²) in [5, 5.41) is 0. The molecule has 0 saturated heterocycles. The van der Waals surface area contributed by atoms with E-state index >= 15 is 0 Å². The van der Waals surface area contributed by atoms with Gasteiger partial charge in [-0.05, 0) is 5.56 Å². The van der Waals surface area contributed by atoms with E-state index in [4.69, 9.17) is 0 Å². The SMILES string of the molecule is Cn1cc(C(F)(F)F)nc1-c1ccc(Cn2c(=O)[nH]c3cnc(-c4ccccc4C(F)F)nc32)cc1. The molecule has 2 aromatic carbocycles. The van der Waals surface area contributed by atoms with Crippen molar-refractivity contribution in [2.75, 3.05) is 0 Å². The summed E-state index contributed by atoms with van der Waals surface area (Å²) < 4.78 is 68.5. The number of alkyl halides is 5. The number of aromatic amines is 1. The van der Waals surface area contributed by atoms with E-state index in [0.29, 0.717) is 16.6 Å². The lowest BCUT2D eigenvalue weighted by Crippen LogP contribution is -2.17. The van der Waals surface area contributed by atoms with Gasteiger partial charge in [0.25, 0.3) is 6.43 Å². The fraction of sp³-hybridized carbons (Fsp3) is 0.167. The molecule has 3 aromatic heterocycles. The number of hydrogen-bond acceptors (Lipinski definition) is 4. The van der Waals surface area contributed by atoms with Gasteiger partial charge in [-0.3, -0.25) is 4.57 Å². The quantitative estimate of drug-likeness (QED) is 0.337. The van der Waals surface area contributed by atoms with Crippen LogP contribution in [0.2, 0.25) is 0 Å². The summed E-state index contributed by atoms with van der Waals surface area (Å²) in [5.74, 6) is 0.199. The molecule has 184 valence electrons. The van der Waals surface area contributed by atoms with E-state index in [2.05, 4.69) is 19.9 Å². The number of aromatic nitrogens is 6. The molecule has 0 fully saturated rings. The molecule has 3 heterocycles. The molecule has 0 aliphatic carbocycles. The summed E-state index contributed by atoms with van der Waals surface area (Å²) in [6.45, 7) is 0.0838. The molecule has 0 spiro atoms. The van der Waals surface area contributed by atoms with Crippen LogP contribution in [0.1, 0.15) is 23.2 Å². The van der Waals surface area contributed by atoms with Crippen LogP contribution < -0.4 is 5.69 Å². The van der Waals surface area contributed by atoms with E-state index in [1.54, 1.807) is 30.3 Å². The highest BCUT2D eigenvalue weighted by Gasteiger charge is 2.34. The number of nitrogens with zero attached hydrogens (tertiary/aromatic N) is 5. The lowest BCUT2D eigenvalue weighted by Gasteiger charge is -2.08. The van der Waals surface area contributed by atoms with Gasteiger partial charge in [0.05, 0.1) is 12.7 Å². The van der Waals surface area contributed by atoms with Gasteiger partial charge in [0.1, 0.15) is 11.3 Å². The van der Waals surface area contributed by atoms with Crippen LogP contribution in [0.3, 0.4) is 0 Å². The molecule has 0 aliphatic rings. The summed E-state index contributed by atoms with van der Waals surface area (Å²) in [4.78, 5) is 27.4. The Morgan fingerprint density at radius 1 is 1.03 bits per heavy atom. The van der Waals surface area contributed by atoms with Gasteiger partial charge in [-0.2, -0.15) is 13.2 Å². The highest BCUT2D eigenvalue weighted by Crippen LogP contribution is 2.31. The number of fused-ring (bicyclic) bond motifs is 1. The number of rotatable bonds is 5. The first-order valence-corrected chi connectivity index (χ1v) is 10.6. The van der Waals surface area contributed by atoms with Crippen LogP contribution in [0, 0.1) is 0 Å². The number of aryl methyl sites for hydroxylation is 1. The highest BCUT2D eigenvalue weighted by molar-refractivity contribution is 5.73. The van der Waals surface area contributed by atoms with E-state index in [9.17, 15) is 26.7 Å². The first-order valence-electron chi connectivity index (χ1n) is 10.6. The van der Waals surface area contributed by atoms with Crippen molar-refractivity contribution >= 4 is 11.2 Å². The van der Waals surface area contributed by atoms with Crippen molar-refractivity contribution in [2.24, 2.45) is 7.05 Å². The smallest absolute Gasteiger partial charge is 0.333 e. The normalized spacial score (nSPS) is 12.1. The molecular weight excluding hydrogens is 483 g/mol. The zero-order chi connectivity index (χ0) is 25.6. The van der Waals surface area contributed by atoms with Crippen molar-refractivity contribution in [1.82, 2.24) is 29.1 Å². The molecule has 0 unspecified atom stereocenters. The minimum atomic E-state index is -4.55. The van der Waals surface area contributed by atoms with E-state index in [1.807, 2.05) is 0 Å². The van der Waals surface area contributed by atoms with Gasteiger partial charge in [0, 0.05) is 29.9 Å². The van der Waals surface area contributed by atoms with Gasteiger partial charge in [0.2, 0.25) is 0 Å². The number of hydrogen-bond donors (Lipinski definition) is 1. The summed E-state index contributed by atoms with van der Waals surface area (Å²) in [5.41, 5.74) is 0.183. The van der Waals surface area contributed by atoms with Gasteiger partial charge < -0.3 is 9.55 Å². The standard InChI is InChI=1S/C24H17F5N6O/c1-34-12-18(24(27,28)29)32-21(34)14-8-6-13(7-9-14)11-35-22-17(31-23(35)36)10-30-20(33-22)16-5-3-2-4-15(16)19(25)26/h2-10,12,19H,11H2,1H3,(H,31,36). The van der Waals surface area contributed by atoms with E-state index in [0.717, 1.165) is 6.20 Å². The fourth-order valence-electron chi connectivity index (χ4n) is 3.93. The molecule has 5 aromatic rings. The Morgan fingerprint density at radius 3 is 2.42 bits per heavy atom. The average molecular weight is 500 g/mol. The zero-order valence-corrected chi connectivity index (χ0v) is 18.6. The lowest BCUT2D eigenvalue weighted by atomic mass is 10.1. The molecule has 12 heteroatoms. The van der Waals surface area contributed by atoms with Crippen molar-refractivity contribution in [2.45, 2.75) is 19.1 Å². The number of imidazole rings is 2. The van der Waals surface area contributed by atoms with Gasteiger partial charge in [-0.25, -0.2) is 28.5 Å². The van der Waals surface area contributed by atoms with Crippen LogP contribution in [0.4, 0.5) is 22.0 Å². The number of nitrogens with one attached hydrogen (secondary N) is 1. The number of halogens is 5. The van der Waals surface area contributed by atoms with E-state index in [1.165, 1.54) is 40.6 Å². The fourth-order valence-corrected chi connectivity index (χ4v) is 3.93. The minimum Gasteiger partial charge on any atom is -0.333 e. The molecule has 36 heavy (non-hydrogen) atoms. The van der Waals surface area contributed by atoms with Crippen LogP contribution in [0.25, 0.3) is 33.9 Å². The Morgan fingerprint density at radius 2 is 1.75 bits per heavy atom. The Bertz CT molecular complexity index is 1620. The Labute approximate surface area is 199 Å². The number of H-pyrrole nitrogens is 1. The molecule has 1 N–H and O–H groups in total. The van der Waals surface area contributed by atoms with Crippen molar-refractivity contribution in [3.63, 3.8) is 0 Å². The predicted molar refractivity (Wildman–Crippen MR) is 121 cm³/mol. The molecule has 0 radical (unpaired) electrons. The Kier molecular flexibility index (Phi) is 5.65. The van der Waals surface area contributed by atoms with Crippen LogP contribution in [-0.2, 0) is 19.8 Å². The summed E-state index contributed by atoms with van der Waals surface area (Å²) in [7, 11) is 1.47. The molecule has 0 aliphatic heterocycles. The Balaban J connectivity index is 1.48. The molecule has 0 saturated carbocycles. The van der Waals surface area contributed by atoms with Crippen LogP contribution in [0.5, 0.6) is 0 Å². The van der Waals surface area contributed by atoms with E-state index < -0.39 is 24.0 Å². The molecule has 0 atom stereocenters. The third kappa shape index (κ3) is 4.25. The third-order valence-electron chi connectivity index (χ3n) is 5.67. The monoisotopic (exact) mass is 500 g/mol. The summed E-state index contributed by atoms with van der Waals surface area (Å²) in [6, 6.07) is 12.4. The maximum Gasteiger partial charge on any atom is 0.434 e. The second-order valence-corrected chi connectivity index (χ2v) is 8.09. The van der Waals surface area contributed by atoms with Crippen molar-refractivity contribution in [3.8, 4) is 22.8 Å². The first-order chi connectivity index (χ1) is 17.1. The topological polar surface area (TPSA) is 81.4 Å². The molecule has 5 rings (SSSR count). The van der Waals surface area contributed by atoms with Gasteiger partial charge in [0.15, 0.2) is 17.2 Å².